The highest BCUT2D eigenvalue weighted by Gasteiger charge is 2.10. The van der Waals surface area contributed by atoms with Gasteiger partial charge in [0.2, 0.25) is 0 Å². The number of pyridine rings is 2. The lowest BCUT2D eigenvalue weighted by Crippen LogP contribution is -1.96. The summed E-state index contributed by atoms with van der Waals surface area (Å²) in [5.41, 5.74) is 3.62. The highest BCUT2D eigenvalue weighted by molar-refractivity contribution is 5.64. The molecular formula is C16H14N6. The summed E-state index contributed by atoms with van der Waals surface area (Å²) in [6.07, 6.45) is 5.63. The van der Waals surface area contributed by atoms with Crippen molar-refractivity contribution in [2.75, 3.05) is 5.32 Å². The fraction of sp³-hybridized carbons (Fsp3) is 0.0625. The minimum atomic E-state index is 0.685. The quantitative estimate of drug-likeness (QED) is 0.608. The van der Waals surface area contributed by atoms with E-state index in [1.165, 1.54) is 0 Å². The highest BCUT2D eigenvalue weighted by Crippen LogP contribution is 2.22. The number of fused-ring (bicyclic) bond motifs is 1. The van der Waals surface area contributed by atoms with Crippen LogP contribution < -0.4 is 5.32 Å². The van der Waals surface area contributed by atoms with Crippen molar-refractivity contribution >= 4 is 17.2 Å². The Balaban J connectivity index is 1.70. The lowest BCUT2D eigenvalue weighted by atomic mass is 10.2. The van der Waals surface area contributed by atoms with Crippen LogP contribution in [-0.4, -0.2) is 24.6 Å². The van der Waals surface area contributed by atoms with Crippen LogP contribution in [0.2, 0.25) is 0 Å². The first kappa shape index (κ1) is 12.6. The van der Waals surface area contributed by atoms with Crippen LogP contribution in [0.5, 0.6) is 0 Å². The zero-order chi connectivity index (χ0) is 14.9. The number of anilines is 2. The van der Waals surface area contributed by atoms with Gasteiger partial charge in [-0.3, -0.25) is 0 Å². The van der Waals surface area contributed by atoms with Gasteiger partial charge >= 0.3 is 0 Å². The molecule has 0 atom stereocenters. The Morgan fingerprint density at radius 3 is 2.82 bits per heavy atom. The van der Waals surface area contributed by atoms with E-state index >= 15 is 0 Å². The number of H-pyrrole nitrogens is 1. The van der Waals surface area contributed by atoms with Crippen LogP contribution in [-0.2, 0) is 0 Å². The lowest BCUT2D eigenvalue weighted by Gasteiger charge is -2.06. The van der Waals surface area contributed by atoms with Crippen molar-refractivity contribution in [1.82, 2.24) is 24.6 Å². The molecule has 2 N–H and O–H groups in total. The van der Waals surface area contributed by atoms with E-state index in [-0.39, 0.29) is 0 Å². The standard InChI is InChI=1S/C16H14N6/c1-11-13(16-20-15-4-2-3-9-22(15)21-16)5-6-14(18-11)19-12-7-8-17-10-12/h2-10,17H,1H3,(H,18,19). The maximum absolute atomic E-state index is 4.58. The van der Waals surface area contributed by atoms with Crippen molar-refractivity contribution in [1.29, 1.82) is 0 Å². The molecule has 0 aliphatic heterocycles. The Hall–Kier alpha value is -3.15. The Morgan fingerprint density at radius 2 is 2.05 bits per heavy atom. The molecule has 6 heteroatoms. The minimum Gasteiger partial charge on any atom is -0.366 e. The third-order valence-corrected chi connectivity index (χ3v) is 3.44. The average Bonchev–Trinajstić information content (AvgIpc) is 3.16. The Morgan fingerprint density at radius 1 is 1.09 bits per heavy atom. The molecule has 0 radical (unpaired) electrons. The summed E-state index contributed by atoms with van der Waals surface area (Å²) < 4.78 is 1.76. The summed E-state index contributed by atoms with van der Waals surface area (Å²) in [5.74, 6) is 1.48. The van der Waals surface area contributed by atoms with Crippen LogP contribution in [0.1, 0.15) is 5.69 Å². The van der Waals surface area contributed by atoms with E-state index in [0.717, 1.165) is 28.4 Å². The SMILES string of the molecule is Cc1nc(Nc2cc[nH]c2)ccc1-c1nc2ccccn2n1. The Bertz CT molecular complexity index is 890. The van der Waals surface area contributed by atoms with Gasteiger partial charge in [-0.1, -0.05) is 6.07 Å². The first-order chi connectivity index (χ1) is 10.8. The topological polar surface area (TPSA) is 70.9 Å². The molecule has 0 bridgehead atoms. The van der Waals surface area contributed by atoms with Crippen molar-refractivity contribution in [3.8, 4) is 11.4 Å². The molecule has 108 valence electrons. The van der Waals surface area contributed by atoms with Crippen LogP contribution in [0.25, 0.3) is 17.0 Å². The summed E-state index contributed by atoms with van der Waals surface area (Å²) in [4.78, 5) is 12.1. The zero-order valence-corrected chi connectivity index (χ0v) is 12.0. The number of aromatic amines is 1. The van der Waals surface area contributed by atoms with Gasteiger partial charge in [0.05, 0.1) is 11.4 Å². The molecule has 4 aromatic heterocycles. The van der Waals surface area contributed by atoms with Crippen molar-refractivity contribution < 1.29 is 0 Å². The molecule has 4 aromatic rings. The molecule has 0 amide bonds. The monoisotopic (exact) mass is 290 g/mol. The fourth-order valence-electron chi connectivity index (χ4n) is 2.36. The molecule has 4 rings (SSSR count). The molecular weight excluding hydrogens is 276 g/mol. The van der Waals surface area contributed by atoms with Crippen molar-refractivity contribution in [2.24, 2.45) is 0 Å². The first-order valence-corrected chi connectivity index (χ1v) is 6.99. The predicted molar refractivity (Wildman–Crippen MR) is 85.0 cm³/mol. The number of rotatable bonds is 3. The van der Waals surface area contributed by atoms with Crippen LogP contribution in [0.15, 0.2) is 55.0 Å². The molecule has 0 aliphatic carbocycles. The normalized spacial score (nSPS) is 11.0. The van der Waals surface area contributed by atoms with Crippen molar-refractivity contribution in [3.05, 3.63) is 60.7 Å². The summed E-state index contributed by atoms with van der Waals surface area (Å²) in [5, 5.41) is 7.73. The summed E-state index contributed by atoms with van der Waals surface area (Å²) in [7, 11) is 0. The maximum Gasteiger partial charge on any atom is 0.183 e. The largest absolute Gasteiger partial charge is 0.366 e. The predicted octanol–water partition coefficient (Wildman–Crippen LogP) is 3.17. The smallest absolute Gasteiger partial charge is 0.183 e. The molecule has 0 aliphatic rings. The molecule has 0 saturated carbocycles. The van der Waals surface area contributed by atoms with E-state index in [4.69, 9.17) is 0 Å². The van der Waals surface area contributed by atoms with Crippen molar-refractivity contribution in [3.63, 3.8) is 0 Å². The Kier molecular flexibility index (Phi) is 2.86. The second-order valence-electron chi connectivity index (χ2n) is 4.99. The molecule has 0 fully saturated rings. The van der Waals surface area contributed by atoms with Gasteiger partial charge in [0.15, 0.2) is 11.5 Å². The van der Waals surface area contributed by atoms with Gasteiger partial charge in [0, 0.05) is 24.2 Å². The van der Waals surface area contributed by atoms with E-state index in [1.54, 1.807) is 4.52 Å². The van der Waals surface area contributed by atoms with E-state index in [2.05, 4.69) is 25.4 Å². The number of aryl methyl sites for hydroxylation is 1. The number of nitrogens with one attached hydrogen (secondary N) is 2. The third-order valence-electron chi connectivity index (χ3n) is 3.44. The van der Waals surface area contributed by atoms with Gasteiger partial charge in [-0.05, 0) is 37.3 Å². The fourth-order valence-corrected chi connectivity index (χ4v) is 2.36. The number of aromatic nitrogens is 5. The Labute approximate surface area is 126 Å². The van der Waals surface area contributed by atoms with E-state index < -0.39 is 0 Å². The molecule has 0 aromatic carbocycles. The van der Waals surface area contributed by atoms with Gasteiger partial charge in [0.1, 0.15) is 5.82 Å². The van der Waals surface area contributed by atoms with Crippen LogP contribution in [0.4, 0.5) is 11.5 Å². The van der Waals surface area contributed by atoms with Gasteiger partial charge in [-0.15, -0.1) is 5.10 Å². The van der Waals surface area contributed by atoms with Crippen LogP contribution in [0.3, 0.4) is 0 Å². The third kappa shape index (κ3) is 2.20. The second kappa shape index (κ2) is 5.00. The number of hydrogen-bond acceptors (Lipinski definition) is 4. The lowest BCUT2D eigenvalue weighted by molar-refractivity contribution is 0.963. The minimum absolute atomic E-state index is 0.685. The molecule has 0 spiro atoms. The molecule has 4 heterocycles. The summed E-state index contributed by atoms with van der Waals surface area (Å²) in [6.45, 7) is 1.96. The number of hydrogen-bond donors (Lipinski definition) is 2. The molecule has 6 nitrogen and oxygen atoms in total. The van der Waals surface area contributed by atoms with Crippen LogP contribution >= 0.6 is 0 Å². The van der Waals surface area contributed by atoms with E-state index in [9.17, 15) is 0 Å². The molecule has 0 unspecified atom stereocenters. The van der Waals surface area contributed by atoms with Crippen molar-refractivity contribution in [2.45, 2.75) is 6.92 Å². The van der Waals surface area contributed by atoms with E-state index in [0.29, 0.717) is 5.82 Å². The second-order valence-corrected chi connectivity index (χ2v) is 4.99. The van der Waals surface area contributed by atoms with Gasteiger partial charge < -0.3 is 10.3 Å². The number of nitrogens with zero attached hydrogens (tertiary/aromatic N) is 4. The van der Waals surface area contributed by atoms with E-state index in [1.807, 2.05) is 61.9 Å². The summed E-state index contributed by atoms with van der Waals surface area (Å²) in [6, 6.07) is 11.7. The van der Waals surface area contributed by atoms with Crippen LogP contribution in [0, 0.1) is 6.92 Å². The molecule has 0 saturated heterocycles. The average molecular weight is 290 g/mol. The van der Waals surface area contributed by atoms with Gasteiger partial charge in [-0.2, -0.15) is 0 Å². The first-order valence-electron chi connectivity index (χ1n) is 6.99. The zero-order valence-electron chi connectivity index (χ0n) is 12.0. The van der Waals surface area contributed by atoms with Gasteiger partial charge in [0.25, 0.3) is 0 Å². The van der Waals surface area contributed by atoms with Gasteiger partial charge in [-0.25, -0.2) is 14.5 Å². The highest BCUT2D eigenvalue weighted by atomic mass is 15.3. The maximum atomic E-state index is 4.58. The summed E-state index contributed by atoms with van der Waals surface area (Å²) >= 11 is 0. The molecule has 22 heavy (non-hydrogen) atoms.